The quantitative estimate of drug-likeness (QED) is 0.702. The van der Waals surface area contributed by atoms with Crippen LogP contribution in [0.25, 0.3) is 0 Å². The first-order valence-electron chi connectivity index (χ1n) is 7.09. The molecule has 0 N–H and O–H groups in total. The van der Waals surface area contributed by atoms with Crippen molar-refractivity contribution in [2.75, 3.05) is 19.6 Å². The van der Waals surface area contributed by atoms with Gasteiger partial charge in [-0.25, -0.2) is 0 Å². The van der Waals surface area contributed by atoms with Crippen LogP contribution in [-0.2, 0) is 4.79 Å². The summed E-state index contributed by atoms with van der Waals surface area (Å²) in [6.45, 7) is 16.4. The van der Waals surface area contributed by atoms with E-state index in [9.17, 15) is 4.79 Å². The van der Waals surface area contributed by atoms with E-state index in [1.165, 1.54) is 0 Å². The van der Waals surface area contributed by atoms with Crippen LogP contribution in [0.2, 0.25) is 0 Å². The van der Waals surface area contributed by atoms with Gasteiger partial charge in [-0.1, -0.05) is 39.8 Å². The van der Waals surface area contributed by atoms with Crippen molar-refractivity contribution in [3.8, 4) is 0 Å². The molecule has 0 aromatic rings. The van der Waals surface area contributed by atoms with Crippen LogP contribution in [0.3, 0.4) is 0 Å². The minimum atomic E-state index is 0.138. The number of piperazine rings is 1. The summed E-state index contributed by atoms with van der Waals surface area (Å²) in [7, 11) is 0. The van der Waals surface area contributed by atoms with Gasteiger partial charge < -0.3 is 9.80 Å². The molecular formula is C15H30N2O. The van der Waals surface area contributed by atoms with Crippen molar-refractivity contribution in [2.45, 2.75) is 48.5 Å². The third kappa shape index (κ3) is 5.39. The van der Waals surface area contributed by atoms with Crippen LogP contribution in [0.5, 0.6) is 0 Å². The van der Waals surface area contributed by atoms with Crippen molar-refractivity contribution in [1.82, 2.24) is 9.80 Å². The van der Waals surface area contributed by atoms with Crippen LogP contribution in [0.4, 0.5) is 0 Å². The highest BCUT2D eigenvalue weighted by molar-refractivity contribution is 5.93. The van der Waals surface area contributed by atoms with Gasteiger partial charge in [-0.05, 0) is 27.0 Å². The molecule has 1 heterocycles. The predicted molar refractivity (Wildman–Crippen MR) is 80.2 cm³/mol. The maximum Gasteiger partial charge on any atom is 0.270 e. The van der Waals surface area contributed by atoms with Crippen LogP contribution in [-0.4, -0.2) is 35.3 Å². The molecule has 0 aromatic carbocycles. The number of allylic oxidation sites excluding steroid dienone is 2. The van der Waals surface area contributed by atoms with E-state index in [1.807, 2.05) is 76.6 Å². The first-order valence-corrected chi connectivity index (χ1v) is 7.09. The molecule has 0 unspecified atom stereocenters. The van der Waals surface area contributed by atoms with E-state index in [-0.39, 0.29) is 5.91 Å². The van der Waals surface area contributed by atoms with Crippen LogP contribution >= 0.6 is 0 Å². The van der Waals surface area contributed by atoms with Crippen molar-refractivity contribution in [3.63, 3.8) is 0 Å². The number of amides is 1. The molecule has 0 saturated carbocycles. The van der Waals surface area contributed by atoms with Crippen molar-refractivity contribution in [1.29, 1.82) is 0 Å². The lowest BCUT2D eigenvalue weighted by Crippen LogP contribution is -2.46. The molecule has 0 aromatic heterocycles. The summed E-state index contributed by atoms with van der Waals surface area (Å²) < 4.78 is 0. The lowest BCUT2D eigenvalue weighted by atomic mass is 10.2. The number of carbonyl (C=O) groups is 1. The fourth-order valence-corrected chi connectivity index (χ4v) is 1.66. The third-order valence-electron chi connectivity index (χ3n) is 2.41. The zero-order valence-corrected chi connectivity index (χ0v) is 13.2. The predicted octanol–water partition coefficient (Wildman–Crippen LogP) is 3.64. The molecule has 0 spiro atoms. The highest BCUT2D eigenvalue weighted by Gasteiger charge is 2.25. The van der Waals surface area contributed by atoms with E-state index in [0.29, 0.717) is 0 Å². The van der Waals surface area contributed by atoms with E-state index in [2.05, 4.69) is 0 Å². The van der Waals surface area contributed by atoms with E-state index in [0.717, 1.165) is 25.3 Å². The van der Waals surface area contributed by atoms with Crippen LogP contribution in [0, 0.1) is 0 Å². The van der Waals surface area contributed by atoms with Gasteiger partial charge in [0.05, 0.1) is 0 Å². The van der Waals surface area contributed by atoms with Crippen molar-refractivity contribution >= 4 is 5.91 Å². The Kier molecular flexibility index (Phi) is 13.0. The minimum absolute atomic E-state index is 0.138. The lowest BCUT2D eigenvalue weighted by molar-refractivity contribution is -0.130. The molecule has 3 heteroatoms. The lowest BCUT2D eigenvalue weighted by Gasteiger charge is -2.34. The normalized spacial score (nSPS) is 17.3. The highest BCUT2D eigenvalue weighted by atomic mass is 16.2. The fraction of sp³-hybridized carbons (Fsp3) is 0.667. The van der Waals surface area contributed by atoms with Gasteiger partial charge in [0.2, 0.25) is 0 Å². The largest absolute Gasteiger partial charge is 0.342 e. The summed E-state index contributed by atoms with van der Waals surface area (Å²) in [4.78, 5) is 15.7. The van der Waals surface area contributed by atoms with Crippen LogP contribution in [0.15, 0.2) is 24.0 Å². The molecule has 1 amide bonds. The molecule has 3 nitrogen and oxygen atoms in total. The molecule has 106 valence electrons. The van der Waals surface area contributed by atoms with Crippen molar-refractivity contribution in [2.24, 2.45) is 0 Å². The van der Waals surface area contributed by atoms with E-state index in [4.69, 9.17) is 0 Å². The first kappa shape index (κ1) is 19.1. The number of carbonyl (C=O) groups excluding carboxylic acids is 1. The molecular weight excluding hydrogens is 224 g/mol. The maximum absolute atomic E-state index is 11.9. The maximum atomic E-state index is 11.9. The van der Waals surface area contributed by atoms with Gasteiger partial charge >= 0.3 is 0 Å². The SMILES string of the molecule is C/C=C\N1CCN(CC)C(=O)/C1=C/C.CC.CC. The molecule has 0 bridgehead atoms. The van der Waals surface area contributed by atoms with Gasteiger partial charge in [0.15, 0.2) is 0 Å². The molecule has 1 saturated heterocycles. The number of hydrogen-bond acceptors (Lipinski definition) is 2. The first-order chi connectivity index (χ1) is 8.74. The molecule has 1 aliphatic heterocycles. The van der Waals surface area contributed by atoms with Crippen molar-refractivity contribution < 1.29 is 4.79 Å². The topological polar surface area (TPSA) is 23.6 Å². The zero-order chi connectivity index (χ0) is 14.6. The van der Waals surface area contributed by atoms with Crippen molar-refractivity contribution in [3.05, 3.63) is 24.0 Å². The van der Waals surface area contributed by atoms with Gasteiger partial charge in [0.25, 0.3) is 5.91 Å². The minimum Gasteiger partial charge on any atom is -0.342 e. The molecule has 1 rings (SSSR count). The van der Waals surface area contributed by atoms with E-state index >= 15 is 0 Å². The Morgan fingerprint density at radius 2 is 1.67 bits per heavy atom. The molecule has 1 aliphatic rings. The Morgan fingerprint density at radius 1 is 1.11 bits per heavy atom. The second kappa shape index (κ2) is 12.2. The van der Waals surface area contributed by atoms with Crippen LogP contribution in [0.1, 0.15) is 48.5 Å². The number of hydrogen-bond donors (Lipinski definition) is 0. The van der Waals surface area contributed by atoms with E-state index < -0.39 is 0 Å². The Bertz CT molecular complexity index is 270. The summed E-state index contributed by atoms with van der Waals surface area (Å²) in [6, 6.07) is 0. The Hall–Kier alpha value is -1.25. The monoisotopic (exact) mass is 254 g/mol. The molecule has 0 aliphatic carbocycles. The third-order valence-corrected chi connectivity index (χ3v) is 2.41. The number of likely N-dealkylation sites (N-methyl/N-ethyl adjacent to an activating group) is 1. The summed E-state index contributed by atoms with van der Waals surface area (Å²) in [5, 5.41) is 0. The Balaban J connectivity index is 0. The molecule has 1 fully saturated rings. The average molecular weight is 254 g/mol. The standard InChI is InChI=1S/C11H18N2O.2C2H6/c1-4-7-13-9-8-12(6-3)11(14)10(13)5-2;2*1-2/h4-5,7H,6,8-9H2,1-3H3;2*1-2H3/b7-4-,10-5-;;. The zero-order valence-electron chi connectivity index (χ0n) is 13.2. The van der Waals surface area contributed by atoms with Gasteiger partial charge in [-0.15, -0.1) is 0 Å². The second-order valence-corrected chi connectivity index (χ2v) is 3.23. The smallest absolute Gasteiger partial charge is 0.270 e. The van der Waals surface area contributed by atoms with Crippen LogP contribution < -0.4 is 0 Å². The Morgan fingerprint density at radius 3 is 2.06 bits per heavy atom. The van der Waals surface area contributed by atoms with Gasteiger partial charge in [-0.2, -0.15) is 0 Å². The highest BCUT2D eigenvalue weighted by Crippen LogP contribution is 2.14. The molecule has 18 heavy (non-hydrogen) atoms. The molecule has 0 radical (unpaired) electrons. The molecule has 0 atom stereocenters. The second-order valence-electron chi connectivity index (χ2n) is 3.23. The van der Waals surface area contributed by atoms with Gasteiger partial charge in [0, 0.05) is 19.6 Å². The average Bonchev–Trinajstić information content (AvgIpc) is 2.44. The summed E-state index contributed by atoms with van der Waals surface area (Å²) in [5.74, 6) is 0.138. The fourth-order valence-electron chi connectivity index (χ4n) is 1.66. The number of nitrogens with zero attached hydrogens (tertiary/aromatic N) is 2. The van der Waals surface area contributed by atoms with E-state index in [1.54, 1.807) is 0 Å². The number of rotatable bonds is 2. The van der Waals surface area contributed by atoms with Gasteiger partial charge in [-0.3, -0.25) is 4.79 Å². The Labute approximate surface area is 113 Å². The summed E-state index contributed by atoms with van der Waals surface area (Å²) >= 11 is 0. The summed E-state index contributed by atoms with van der Waals surface area (Å²) in [5.41, 5.74) is 0.788. The summed E-state index contributed by atoms with van der Waals surface area (Å²) in [6.07, 6.45) is 5.79. The van der Waals surface area contributed by atoms with Gasteiger partial charge in [0.1, 0.15) is 5.70 Å².